The number of piperidine rings is 1. The molecule has 0 aliphatic carbocycles. The van der Waals surface area contributed by atoms with E-state index in [-0.39, 0.29) is 11.8 Å². The molecule has 0 saturated carbocycles. The molecule has 2 aliphatic heterocycles. The van der Waals surface area contributed by atoms with Crippen LogP contribution in [0.15, 0.2) is 30.9 Å². The average molecular weight is 342 g/mol. The van der Waals surface area contributed by atoms with Gasteiger partial charge in [-0.2, -0.15) is 10.2 Å². The number of likely N-dealkylation sites (tertiary alicyclic amines) is 1. The monoisotopic (exact) mass is 342 g/mol. The molecule has 7 heteroatoms. The first kappa shape index (κ1) is 16.3. The fourth-order valence-electron chi connectivity index (χ4n) is 4.16. The lowest BCUT2D eigenvalue weighted by Crippen LogP contribution is -2.44. The Morgan fingerprint density at radius 3 is 2.80 bits per heavy atom. The van der Waals surface area contributed by atoms with Crippen LogP contribution in [0, 0.1) is 11.8 Å². The van der Waals surface area contributed by atoms with Crippen LogP contribution in [-0.4, -0.2) is 56.5 Å². The molecule has 7 nitrogen and oxygen atoms in total. The van der Waals surface area contributed by atoms with E-state index in [0.717, 1.165) is 45.6 Å². The van der Waals surface area contributed by atoms with Crippen LogP contribution in [0.3, 0.4) is 0 Å². The first-order valence-corrected chi connectivity index (χ1v) is 9.16. The predicted octanol–water partition coefficient (Wildman–Crippen LogP) is 0.858. The highest BCUT2D eigenvalue weighted by molar-refractivity contribution is 5.80. The molecular formula is C18H26N6O. The van der Waals surface area contributed by atoms with Gasteiger partial charge >= 0.3 is 0 Å². The standard InChI is InChI=1S/C18H26N6O/c1-22-13-15(9-21-22)16-10-19-11-17(16)18(25)23-7-3-14(4-8-23)12-24-6-2-5-20-24/h2,5-6,9,13-14,16-17,19H,3-4,7-8,10-12H2,1H3/t16-,17+/m1/s1. The second-order valence-electron chi connectivity index (χ2n) is 7.32. The maximum absolute atomic E-state index is 13.1. The molecule has 2 aromatic rings. The summed E-state index contributed by atoms with van der Waals surface area (Å²) in [5, 5.41) is 12.0. The van der Waals surface area contributed by atoms with Gasteiger partial charge < -0.3 is 10.2 Å². The summed E-state index contributed by atoms with van der Waals surface area (Å²) in [6.45, 7) is 4.31. The zero-order valence-electron chi connectivity index (χ0n) is 14.7. The van der Waals surface area contributed by atoms with Crippen molar-refractivity contribution in [1.29, 1.82) is 0 Å². The van der Waals surface area contributed by atoms with E-state index in [9.17, 15) is 4.79 Å². The normalized spacial score (nSPS) is 24.8. The van der Waals surface area contributed by atoms with Crippen molar-refractivity contribution in [3.05, 3.63) is 36.4 Å². The van der Waals surface area contributed by atoms with Gasteiger partial charge in [-0.15, -0.1) is 0 Å². The Labute approximate surface area is 148 Å². The van der Waals surface area contributed by atoms with Crippen molar-refractivity contribution in [3.63, 3.8) is 0 Å². The lowest BCUT2D eigenvalue weighted by atomic mass is 9.88. The van der Waals surface area contributed by atoms with Gasteiger partial charge in [0.25, 0.3) is 0 Å². The SMILES string of the molecule is Cn1cc([C@H]2CNC[C@@H]2C(=O)N2CCC(Cn3cccn3)CC2)cn1. The van der Waals surface area contributed by atoms with Gasteiger partial charge in [0, 0.05) is 64.3 Å². The number of rotatable bonds is 4. The molecule has 25 heavy (non-hydrogen) atoms. The van der Waals surface area contributed by atoms with Crippen molar-refractivity contribution < 1.29 is 4.79 Å². The number of carbonyl (C=O) groups excluding carboxylic acids is 1. The third-order valence-electron chi connectivity index (χ3n) is 5.62. The third-order valence-corrected chi connectivity index (χ3v) is 5.62. The van der Waals surface area contributed by atoms with Crippen LogP contribution in [0.1, 0.15) is 24.3 Å². The number of amides is 1. The minimum atomic E-state index is 0.0341. The van der Waals surface area contributed by atoms with E-state index in [0.29, 0.717) is 11.8 Å². The zero-order chi connectivity index (χ0) is 17.2. The van der Waals surface area contributed by atoms with Gasteiger partial charge in [0.15, 0.2) is 0 Å². The van der Waals surface area contributed by atoms with Crippen LogP contribution < -0.4 is 5.32 Å². The molecule has 1 amide bonds. The van der Waals surface area contributed by atoms with E-state index in [4.69, 9.17) is 0 Å². The fourth-order valence-corrected chi connectivity index (χ4v) is 4.16. The largest absolute Gasteiger partial charge is 0.342 e. The summed E-state index contributed by atoms with van der Waals surface area (Å²) in [5.74, 6) is 1.19. The van der Waals surface area contributed by atoms with Crippen LogP contribution in [-0.2, 0) is 18.4 Å². The van der Waals surface area contributed by atoms with Crippen LogP contribution in [0.2, 0.25) is 0 Å². The Morgan fingerprint density at radius 2 is 2.12 bits per heavy atom. The quantitative estimate of drug-likeness (QED) is 0.895. The Hall–Kier alpha value is -2.15. The number of hydrogen-bond acceptors (Lipinski definition) is 4. The summed E-state index contributed by atoms with van der Waals surface area (Å²) >= 11 is 0. The molecule has 0 bridgehead atoms. The highest BCUT2D eigenvalue weighted by atomic mass is 16.2. The molecule has 2 saturated heterocycles. The molecule has 2 aromatic heterocycles. The summed E-state index contributed by atoms with van der Waals surface area (Å²) in [5.41, 5.74) is 1.17. The number of carbonyl (C=O) groups is 1. The van der Waals surface area contributed by atoms with Gasteiger partial charge in [-0.25, -0.2) is 0 Å². The maximum atomic E-state index is 13.1. The summed E-state index contributed by atoms with van der Waals surface area (Å²) in [6, 6.07) is 1.96. The van der Waals surface area contributed by atoms with E-state index >= 15 is 0 Å². The molecule has 4 heterocycles. The topological polar surface area (TPSA) is 68.0 Å². The summed E-state index contributed by atoms with van der Waals surface area (Å²) in [6.07, 6.45) is 9.89. The van der Waals surface area contributed by atoms with Crippen LogP contribution in [0.25, 0.3) is 0 Å². The fraction of sp³-hybridized carbons (Fsp3) is 0.611. The van der Waals surface area contributed by atoms with Crippen molar-refractivity contribution >= 4 is 5.91 Å². The molecule has 0 aromatic carbocycles. The first-order valence-electron chi connectivity index (χ1n) is 9.16. The van der Waals surface area contributed by atoms with Crippen molar-refractivity contribution in [2.45, 2.75) is 25.3 Å². The molecule has 0 radical (unpaired) electrons. The highest BCUT2D eigenvalue weighted by Crippen LogP contribution is 2.30. The maximum Gasteiger partial charge on any atom is 0.227 e. The second-order valence-corrected chi connectivity index (χ2v) is 7.32. The Kier molecular flexibility index (Phi) is 4.57. The van der Waals surface area contributed by atoms with E-state index in [1.807, 2.05) is 47.3 Å². The van der Waals surface area contributed by atoms with Gasteiger partial charge in [0.05, 0.1) is 12.1 Å². The average Bonchev–Trinajstić information content (AvgIpc) is 3.36. The van der Waals surface area contributed by atoms with Crippen LogP contribution in [0.4, 0.5) is 0 Å². The zero-order valence-corrected chi connectivity index (χ0v) is 14.7. The molecule has 4 rings (SSSR count). The lowest BCUT2D eigenvalue weighted by Gasteiger charge is -2.34. The van der Waals surface area contributed by atoms with E-state index < -0.39 is 0 Å². The van der Waals surface area contributed by atoms with Crippen LogP contribution >= 0.6 is 0 Å². The van der Waals surface area contributed by atoms with E-state index in [1.54, 1.807) is 0 Å². The molecule has 1 N–H and O–H groups in total. The van der Waals surface area contributed by atoms with Crippen molar-refractivity contribution in [2.24, 2.45) is 18.9 Å². The van der Waals surface area contributed by atoms with Gasteiger partial charge in [-0.3, -0.25) is 14.2 Å². The molecule has 2 fully saturated rings. The summed E-state index contributed by atoms with van der Waals surface area (Å²) in [7, 11) is 1.92. The van der Waals surface area contributed by atoms with Gasteiger partial charge in [-0.05, 0) is 30.4 Å². The highest BCUT2D eigenvalue weighted by Gasteiger charge is 2.38. The Bertz CT molecular complexity index is 701. The number of aryl methyl sites for hydroxylation is 1. The minimum absolute atomic E-state index is 0.0341. The predicted molar refractivity (Wildman–Crippen MR) is 93.8 cm³/mol. The Morgan fingerprint density at radius 1 is 1.28 bits per heavy atom. The van der Waals surface area contributed by atoms with Crippen molar-refractivity contribution in [3.8, 4) is 0 Å². The molecule has 0 unspecified atom stereocenters. The van der Waals surface area contributed by atoms with Crippen molar-refractivity contribution in [1.82, 2.24) is 29.8 Å². The third kappa shape index (κ3) is 3.46. The number of aromatic nitrogens is 4. The van der Waals surface area contributed by atoms with Crippen LogP contribution in [0.5, 0.6) is 0 Å². The van der Waals surface area contributed by atoms with Gasteiger partial charge in [0.1, 0.15) is 0 Å². The summed E-state index contributed by atoms with van der Waals surface area (Å²) < 4.78 is 3.82. The number of nitrogens with one attached hydrogen (secondary N) is 1. The first-order chi connectivity index (χ1) is 12.2. The van der Waals surface area contributed by atoms with Gasteiger partial charge in [-0.1, -0.05) is 0 Å². The minimum Gasteiger partial charge on any atom is -0.342 e. The lowest BCUT2D eigenvalue weighted by molar-refractivity contribution is -0.136. The van der Waals surface area contributed by atoms with E-state index in [2.05, 4.69) is 20.4 Å². The van der Waals surface area contributed by atoms with Crippen molar-refractivity contribution in [2.75, 3.05) is 26.2 Å². The molecule has 134 valence electrons. The van der Waals surface area contributed by atoms with Gasteiger partial charge in [0.2, 0.25) is 5.91 Å². The smallest absolute Gasteiger partial charge is 0.227 e. The summed E-state index contributed by atoms with van der Waals surface area (Å²) in [4.78, 5) is 15.1. The van der Waals surface area contributed by atoms with E-state index in [1.165, 1.54) is 5.56 Å². The molecule has 2 aliphatic rings. The number of nitrogens with zero attached hydrogens (tertiary/aromatic N) is 5. The molecule has 2 atom stereocenters. The molecular weight excluding hydrogens is 316 g/mol. The number of hydrogen-bond donors (Lipinski definition) is 1. The molecule has 0 spiro atoms. The second kappa shape index (κ2) is 7.00. The Balaban J connectivity index is 1.35.